The summed E-state index contributed by atoms with van der Waals surface area (Å²) in [4.78, 5) is 0. The molecule has 0 unspecified atom stereocenters. The smallest absolute Gasteiger partial charge is 0 e. The second-order valence-corrected chi connectivity index (χ2v) is 14.1. The van der Waals surface area contributed by atoms with Gasteiger partial charge in [-0.25, -0.2) is 0 Å². The van der Waals surface area contributed by atoms with Gasteiger partial charge in [-0.05, 0) is 67.4 Å². The van der Waals surface area contributed by atoms with Crippen molar-refractivity contribution in [3.05, 3.63) is 202 Å². The molecular formula is C40H37ClP2Pd-. The molecule has 0 aromatic heterocycles. The van der Waals surface area contributed by atoms with E-state index < -0.39 is 15.8 Å². The molecule has 6 aromatic rings. The predicted octanol–water partition coefficient (Wildman–Crippen LogP) is 5.14. The van der Waals surface area contributed by atoms with Crippen LogP contribution in [0, 0.1) is 19.8 Å². The zero-order valence-electron chi connectivity index (χ0n) is 24.8. The molecule has 0 atom stereocenters. The van der Waals surface area contributed by atoms with Crippen LogP contribution < -0.4 is 44.2 Å². The maximum atomic E-state index is 3.44. The molecule has 0 saturated heterocycles. The molecule has 0 amide bonds. The van der Waals surface area contributed by atoms with E-state index in [9.17, 15) is 0 Å². The Morgan fingerprint density at radius 1 is 0.341 bits per heavy atom. The van der Waals surface area contributed by atoms with Crippen molar-refractivity contribution in [1.29, 1.82) is 0 Å². The number of halogens is 1. The summed E-state index contributed by atoms with van der Waals surface area (Å²) in [5, 5.41) is 8.39. The third-order valence-electron chi connectivity index (χ3n) is 6.09. The van der Waals surface area contributed by atoms with Crippen LogP contribution in [0.2, 0.25) is 0 Å². The van der Waals surface area contributed by atoms with Gasteiger partial charge in [-0.2, -0.15) is 0 Å². The van der Waals surface area contributed by atoms with E-state index in [4.69, 9.17) is 0 Å². The number of hydrogen-bond donors (Lipinski definition) is 0. The first kappa shape index (κ1) is 37.3. The van der Waals surface area contributed by atoms with Gasteiger partial charge in [0, 0.05) is 20.4 Å². The van der Waals surface area contributed by atoms with Gasteiger partial charge in [0.1, 0.15) is 0 Å². The van der Waals surface area contributed by atoms with Crippen LogP contribution in [-0.4, -0.2) is 0 Å². The molecule has 44 heavy (non-hydrogen) atoms. The van der Waals surface area contributed by atoms with Crippen molar-refractivity contribution in [3.63, 3.8) is 0 Å². The van der Waals surface area contributed by atoms with Gasteiger partial charge in [0.2, 0.25) is 0 Å². The van der Waals surface area contributed by atoms with Crippen LogP contribution in [0.4, 0.5) is 0 Å². The first-order valence-electron chi connectivity index (χ1n) is 14.0. The molecule has 0 saturated carbocycles. The fraction of sp³-hybridized carbons (Fsp3) is 0.0250. The van der Waals surface area contributed by atoms with E-state index in [0.29, 0.717) is 0 Å². The third-order valence-corrected chi connectivity index (χ3v) is 11.0. The summed E-state index contributed by atoms with van der Waals surface area (Å²) in [6.45, 7) is 8.75. The molecule has 0 aliphatic heterocycles. The molecule has 0 aliphatic carbocycles. The zero-order chi connectivity index (χ0) is 29.4. The largest absolute Gasteiger partial charge is 1.00 e. The van der Waals surface area contributed by atoms with E-state index >= 15 is 0 Å². The first-order chi connectivity index (χ1) is 20.6. The average molecular weight is 722 g/mol. The van der Waals surface area contributed by atoms with Gasteiger partial charge in [-0.3, -0.25) is 0 Å². The predicted molar refractivity (Wildman–Crippen MR) is 190 cm³/mol. The maximum absolute atomic E-state index is 3.44. The van der Waals surface area contributed by atoms with Crippen LogP contribution in [0.15, 0.2) is 182 Å². The van der Waals surface area contributed by atoms with Gasteiger partial charge < -0.3 is 12.4 Å². The summed E-state index contributed by atoms with van der Waals surface area (Å²) in [6, 6.07) is 64.7. The van der Waals surface area contributed by atoms with E-state index in [1.165, 1.54) is 31.8 Å². The summed E-state index contributed by atoms with van der Waals surface area (Å²) < 4.78 is 0. The van der Waals surface area contributed by atoms with Crippen molar-refractivity contribution in [3.8, 4) is 0 Å². The van der Waals surface area contributed by atoms with Gasteiger partial charge in [0.05, 0.1) is 0 Å². The monoisotopic (exact) mass is 720 g/mol. The number of hydrogen-bond acceptors (Lipinski definition) is 0. The molecule has 4 heteroatoms. The standard InChI is InChI=1S/2C18H15P.C4H7.ClH.Pd/c2*1-4-10-16(11-5-1)19(17-12-6-2-7-13-17)18-14-8-3-9-15-18;1-4(2)3;;/h2*1-15H;1-2H2,3H3;1H;/p-1. The van der Waals surface area contributed by atoms with Crippen LogP contribution in [0.5, 0.6) is 0 Å². The van der Waals surface area contributed by atoms with Crippen LogP contribution in [0.25, 0.3) is 0 Å². The van der Waals surface area contributed by atoms with Crippen LogP contribution in [0.3, 0.4) is 0 Å². The van der Waals surface area contributed by atoms with Crippen molar-refractivity contribution in [1.82, 2.24) is 0 Å². The van der Waals surface area contributed by atoms with E-state index in [2.05, 4.69) is 196 Å². The molecule has 0 heterocycles. The first-order valence-corrected chi connectivity index (χ1v) is 16.7. The second-order valence-electron chi connectivity index (χ2n) is 9.64. The van der Waals surface area contributed by atoms with Gasteiger partial charge in [0.15, 0.2) is 0 Å². The molecule has 6 aromatic carbocycles. The normalized spacial score (nSPS) is 9.95. The Morgan fingerprint density at radius 3 is 0.568 bits per heavy atom. The fourth-order valence-corrected chi connectivity index (χ4v) is 8.97. The minimum Gasteiger partial charge on any atom is -1.00 e. The van der Waals surface area contributed by atoms with Crippen LogP contribution >= 0.6 is 15.8 Å². The molecule has 6 rings (SSSR count). The van der Waals surface area contributed by atoms with Gasteiger partial charge >= 0.3 is 0 Å². The summed E-state index contributed by atoms with van der Waals surface area (Å²) >= 11 is 0. The van der Waals surface area contributed by atoms with Crippen molar-refractivity contribution < 1.29 is 32.8 Å². The summed E-state index contributed by atoms with van der Waals surface area (Å²) in [5.41, 5.74) is 0. The number of benzene rings is 6. The summed E-state index contributed by atoms with van der Waals surface area (Å²) in [7, 11) is -0.892. The Labute approximate surface area is 287 Å². The second kappa shape index (κ2) is 21.0. The maximum Gasteiger partial charge on any atom is 0 e. The van der Waals surface area contributed by atoms with Crippen molar-refractivity contribution in [2.45, 2.75) is 6.92 Å². The minimum atomic E-state index is -0.446. The molecule has 0 N–H and O–H groups in total. The van der Waals surface area contributed by atoms with E-state index in [1.807, 2.05) is 6.92 Å². The molecule has 0 aliphatic rings. The molecule has 3 radical (unpaired) electrons. The molecule has 0 bridgehead atoms. The van der Waals surface area contributed by atoms with E-state index in [-0.39, 0.29) is 32.8 Å². The number of rotatable bonds is 6. The Bertz CT molecular complexity index is 1230. The minimum absolute atomic E-state index is 0. The Morgan fingerprint density at radius 2 is 0.455 bits per heavy atom. The van der Waals surface area contributed by atoms with Gasteiger partial charge in [0.25, 0.3) is 0 Å². The average Bonchev–Trinajstić information content (AvgIpc) is 3.05. The Hall–Kier alpha value is -2.87. The molecule has 0 fully saturated rings. The quantitative estimate of drug-likeness (QED) is 0.165. The molecular weight excluding hydrogens is 684 g/mol. The SMILES string of the molecule is [CH2][C]([CH2])C.[Cl-].[Pd].c1ccc(P(c2ccccc2)c2ccccc2)cc1.c1ccc(P(c2ccccc2)c2ccccc2)cc1. The van der Waals surface area contributed by atoms with Gasteiger partial charge in [-0.15, -0.1) is 0 Å². The topological polar surface area (TPSA) is 0 Å². The molecule has 0 nitrogen and oxygen atoms in total. The van der Waals surface area contributed by atoms with Crippen molar-refractivity contribution >= 4 is 47.7 Å². The fourth-order valence-electron chi connectivity index (χ4n) is 4.36. The van der Waals surface area contributed by atoms with Crippen LogP contribution in [-0.2, 0) is 20.4 Å². The molecule has 0 spiro atoms. The van der Waals surface area contributed by atoms with Crippen LogP contribution in [0.1, 0.15) is 6.92 Å². The third kappa shape index (κ3) is 11.9. The van der Waals surface area contributed by atoms with Crippen molar-refractivity contribution in [2.24, 2.45) is 0 Å². The summed E-state index contributed by atoms with van der Waals surface area (Å²) in [6.07, 6.45) is 0. The molecule has 225 valence electrons. The van der Waals surface area contributed by atoms with E-state index in [0.717, 1.165) is 5.92 Å². The zero-order valence-corrected chi connectivity index (χ0v) is 28.9. The summed E-state index contributed by atoms with van der Waals surface area (Å²) in [5.74, 6) is 0.917. The van der Waals surface area contributed by atoms with Crippen molar-refractivity contribution in [2.75, 3.05) is 0 Å². The Balaban J connectivity index is 0.000000263. The van der Waals surface area contributed by atoms with Gasteiger partial charge in [-0.1, -0.05) is 189 Å². The van der Waals surface area contributed by atoms with E-state index in [1.54, 1.807) is 0 Å². The Kier molecular flexibility index (Phi) is 17.8.